The fourth-order valence-corrected chi connectivity index (χ4v) is 2.66. The van der Waals surface area contributed by atoms with Crippen LogP contribution in [0, 0.1) is 5.92 Å². The molecule has 0 spiro atoms. The number of nitrogens with two attached hydrogens (primary N) is 1. The Kier molecular flexibility index (Phi) is 4.12. The Balaban J connectivity index is 1.77. The molecule has 0 saturated carbocycles. The first kappa shape index (κ1) is 12.5. The molecule has 17 heavy (non-hydrogen) atoms. The molecule has 0 aromatic rings. The fourth-order valence-electron chi connectivity index (χ4n) is 2.66. The standard InChI is InChI=1S/C12H21N3O2/c13-8-10-2-1-5-14(9-10)6-7-15-11(16)3-4-12(15)17/h10H,1-9,13H2. The van der Waals surface area contributed by atoms with E-state index in [0.29, 0.717) is 25.3 Å². The van der Waals surface area contributed by atoms with Gasteiger partial charge in [-0.2, -0.15) is 0 Å². The Labute approximate surface area is 102 Å². The number of piperidine rings is 1. The minimum atomic E-state index is -0.0117. The van der Waals surface area contributed by atoms with Crippen molar-refractivity contribution in [2.75, 3.05) is 32.7 Å². The SMILES string of the molecule is NCC1CCCN(CCN2C(=O)CCC2=O)C1. The van der Waals surface area contributed by atoms with Crippen molar-refractivity contribution >= 4 is 11.8 Å². The molecule has 5 heteroatoms. The maximum Gasteiger partial charge on any atom is 0.229 e. The zero-order chi connectivity index (χ0) is 12.3. The van der Waals surface area contributed by atoms with Crippen molar-refractivity contribution in [3.63, 3.8) is 0 Å². The van der Waals surface area contributed by atoms with Crippen LogP contribution >= 0.6 is 0 Å². The van der Waals surface area contributed by atoms with E-state index in [1.54, 1.807) is 0 Å². The number of nitrogens with zero attached hydrogens (tertiary/aromatic N) is 2. The first-order valence-electron chi connectivity index (χ1n) is 6.46. The molecule has 1 unspecified atom stereocenters. The lowest BCUT2D eigenvalue weighted by Crippen LogP contribution is -2.43. The maximum absolute atomic E-state index is 11.4. The molecule has 5 nitrogen and oxygen atoms in total. The first-order chi connectivity index (χ1) is 8.20. The van der Waals surface area contributed by atoms with Crippen LogP contribution in [0.15, 0.2) is 0 Å². The molecular formula is C12H21N3O2. The second-order valence-electron chi connectivity index (χ2n) is 4.98. The molecule has 2 saturated heterocycles. The molecular weight excluding hydrogens is 218 g/mol. The summed E-state index contributed by atoms with van der Waals surface area (Å²) < 4.78 is 0. The van der Waals surface area contributed by atoms with E-state index >= 15 is 0 Å². The summed E-state index contributed by atoms with van der Waals surface area (Å²) in [6.07, 6.45) is 3.16. The number of carbonyl (C=O) groups excluding carboxylic acids is 2. The van der Waals surface area contributed by atoms with Crippen molar-refractivity contribution in [2.45, 2.75) is 25.7 Å². The van der Waals surface area contributed by atoms with Crippen molar-refractivity contribution in [2.24, 2.45) is 11.7 Å². The van der Waals surface area contributed by atoms with Gasteiger partial charge in [-0.05, 0) is 31.8 Å². The lowest BCUT2D eigenvalue weighted by Gasteiger charge is -2.32. The Morgan fingerprint density at radius 1 is 1.18 bits per heavy atom. The van der Waals surface area contributed by atoms with E-state index in [-0.39, 0.29) is 11.8 Å². The van der Waals surface area contributed by atoms with Gasteiger partial charge in [0.15, 0.2) is 0 Å². The monoisotopic (exact) mass is 239 g/mol. The molecule has 2 fully saturated rings. The molecule has 2 aliphatic rings. The first-order valence-corrected chi connectivity index (χ1v) is 6.46. The lowest BCUT2D eigenvalue weighted by atomic mass is 9.98. The third kappa shape index (κ3) is 3.04. The number of amides is 2. The van der Waals surface area contributed by atoms with Gasteiger partial charge in [0.25, 0.3) is 0 Å². The van der Waals surface area contributed by atoms with Crippen LogP contribution in [-0.4, -0.2) is 54.3 Å². The van der Waals surface area contributed by atoms with E-state index in [1.165, 1.54) is 17.7 Å². The largest absolute Gasteiger partial charge is 0.330 e. The summed E-state index contributed by atoms with van der Waals surface area (Å²) in [7, 11) is 0. The highest BCUT2D eigenvalue weighted by Crippen LogP contribution is 2.16. The number of hydrogen-bond donors (Lipinski definition) is 1. The van der Waals surface area contributed by atoms with Gasteiger partial charge in [0.1, 0.15) is 0 Å². The van der Waals surface area contributed by atoms with E-state index in [9.17, 15) is 9.59 Å². The highest BCUT2D eigenvalue weighted by atomic mass is 16.2. The summed E-state index contributed by atoms with van der Waals surface area (Å²) >= 11 is 0. The summed E-state index contributed by atoms with van der Waals surface area (Å²) in [6.45, 7) is 4.15. The summed E-state index contributed by atoms with van der Waals surface area (Å²) in [6, 6.07) is 0. The number of rotatable bonds is 4. The quantitative estimate of drug-likeness (QED) is 0.690. The van der Waals surface area contributed by atoms with Crippen molar-refractivity contribution in [3.8, 4) is 0 Å². The Morgan fingerprint density at radius 3 is 2.53 bits per heavy atom. The van der Waals surface area contributed by atoms with Crippen LogP contribution in [-0.2, 0) is 9.59 Å². The van der Waals surface area contributed by atoms with Crippen LogP contribution in [0.4, 0.5) is 0 Å². The van der Waals surface area contributed by atoms with Crippen LogP contribution in [0.25, 0.3) is 0 Å². The highest BCUT2D eigenvalue weighted by Gasteiger charge is 2.29. The predicted molar refractivity (Wildman–Crippen MR) is 64.2 cm³/mol. The molecule has 1 atom stereocenters. The second-order valence-corrected chi connectivity index (χ2v) is 4.98. The van der Waals surface area contributed by atoms with Gasteiger partial charge < -0.3 is 10.6 Å². The average molecular weight is 239 g/mol. The van der Waals surface area contributed by atoms with Crippen LogP contribution in [0.2, 0.25) is 0 Å². The van der Waals surface area contributed by atoms with Crippen molar-refractivity contribution in [1.82, 2.24) is 9.80 Å². The molecule has 0 aromatic carbocycles. The van der Waals surface area contributed by atoms with E-state index in [1.807, 2.05) is 0 Å². The Morgan fingerprint density at radius 2 is 1.88 bits per heavy atom. The van der Waals surface area contributed by atoms with Gasteiger partial charge in [-0.25, -0.2) is 0 Å². The molecule has 0 radical (unpaired) electrons. The van der Waals surface area contributed by atoms with Gasteiger partial charge in [-0.15, -0.1) is 0 Å². The van der Waals surface area contributed by atoms with Crippen molar-refractivity contribution in [3.05, 3.63) is 0 Å². The van der Waals surface area contributed by atoms with Crippen LogP contribution in [0.1, 0.15) is 25.7 Å². The van der Waals surface area contributed by atoms with Crippen molar-refractivity contribution in [1.29, 1.82) is 0 Å². The number of likely N-dealkylation sites (tertiary alicyclic amines) is 2. The minimum Gasteiger partial charge on any atom is -0.330 e. The number of imide groups is 1. The Bertz CT molecular complexity index is 290. The van der Waals surface area contributed by atoms with Gasteiger partial charge in [0.2, 0.25) is 11.8 Å². The molecule has 0 aromatic heterocycles. The molecule has 2 amide bonds. The molecule has 2 N–H and O–H groups in total. The Hall–Kier alpha value is -0.940. The van der Waals surface area contributed by atoms with Gasteiger partial charge in [0, 0.05) is 32.5 Å². The maximum atomic E-state index is 11.4. The van der Waals surface area contributed by atoms with Gasteiger partial charge in [-0.1, -0.05) is 0 Å². The van der Waals surface area contributed by atoms with E-state index in [2.05, 4.69) is 4.90 Å². The summed E-state index contributed by atoms with van der Waals surface area (Å²) in [5.41, 5.74) is 5.68. The number of hydrogen-bond acceptors (Lipinski definition) is 4. The average Bonchev–Trinajstić information content (AvgIpc) is 2.67. The third-order valence-corrected chi connectivity index (χ3v) is 3.73. The van der Waals surface area contributed by atoms with E-state index in [4.69, 9.17) is 5.73 Å². The molecule has 0 bridgehead atoms. The fraction of sp³-hybridized carbons (Fsp3) is 0.833. The zero-order valence-electron chi connectivity index (χ0n) is 10.2. The molecule has 0 aliphatic carbocycles. The highest BCUT2D eigenvalue weighted by molar-refractivity contribution is 6.01. The molecule has 2 heterocycles. The van der Waals surface area contributed by atoms with Crippen molar-refractivity contribution < 1.29 is 9.59 Å². The van der Waals surface area contributed by atoms with Gasteiger partial charge in [0.05, 0.1) is 0 Å². The molecule has 2 aliphatic heterocycles. The zero-order valence-corrected chi connectivity index (χ0v) is 10.2. The normalized spacial score (nSPS) is 26.9. The summed E-state index contributed by atoms with van der Waals surface area (Å²) in [5, 5.41) is 0. The van der Waals surface area contributed by atoms with E-state index in [0.717, 1.165) is 26.2 Å². The smallest absolute Gasteiger partial charge is 0.229 e. The lowest BCUT2D eigenvalue weighted by molar-refractivity contribution is -0.138. The summed E-state index contributed by atoms with van der Waals surface area (Å²) in [5.74, 6) is 0.554. The minimum absolute atomic E-state index is 0.0117. The predicted octanol–water partition coefficient (Wildman–Crippen LogP) is -0.194. The van der Waals surface area contributed by atoms with Crippen LogP contribution in [0.5, 0.6) is 0 Å². The molecule has 2 rings (SSSR count). The molecule has 96 valence electrons. The summed E-state index contributed by atoms with van der Waals surface area (Å²) in [4.78, 5) is 26.6. The topological polar surface area (TPSA) is 66.6 Å². The van der Waals surface area contributed by atoms with Crippen LogP contribution in [0.3, 0.4) is 0 Å². The van der Waals surface area contributed by atoms with E-state index < -0.39 is 0 Å². The second kappa shape index (κ2) is 5.60. The third-order valence-electron chi connectivity index (χ3n) is 3.73. The van der Waals surface area contributed by atoms with Gasteiger partial charge in [-0.3, -0.25) is 14.5 Å². The number of carbonyl (C=O) groups is 2. The van der Waals surface area contributed by atoms with Crippen LogP contribution < -0.4 is 5.73 Å². The van der Waals surface area contributed by atoms with Gasteiger partial charge >= 0.3 is 0 Å².